The molecule has 13 heteroatoms. The third-order valence-electron chi connectivity index (χ3n) is 7.27. The van der Waals surface area contributed by atoms with Gasteiger partial charge < -0.3 is 42.0 Å². The maximum atomic E-state index is 13.7. The summed E-state index contributed by atoms with van der Waals surface area (Å²) < 4.78 is 0. The number of aromatic nitrogens is 1. The molecule has 3 aromatic carbocycles. The van der Waals surface area contributed by atoms with Crippen LogP contribution in [-0.2, 0) is 38.4 Å². The van der Waals surface area contributed by atoms with E-state index in [4.69, 9.17) is 5.73 Å². The van der Waals surface area contributed by atoms with Crippen molar-refractivity contribution >= 4 is 47.2 Å². The molecule has 0 bridgehead atoms. The molecule has 0 saturated carbocycles. The number of thiol groups is 1. The number of carbonyl (C=O) groups is 4. The zero-order valence-electron chi connectivity index (χ0n) is 24.1. The number of carbonyl (C=O) groups excluding carboxylic acids is 3. The van der Waals surface area contributed by atoms with Gasteiger partial charge in [-0.15, -0.1) is 0 Å². The third-order valence-corrected chi connectivity index (χ3v) is 7.66. The van der Waals surface area contributed by atoms with E-state index in [9.17, 15) is 34.5 Å². The Morgan fingerprint density at radius 1 is 0.711 bits per heavy atom. The van der Waals surface area contributed by atoms with Gasteiger partial charge in [0.15, 0.2) is 0 Å². The van der Waals surface area contributed by atoms with E-state index >= 15 is 0 Å². The fourth-order valence-electron chi connectivity index (χ4n) is 4.78. The van der Waals surface area contributed by atoms with Crippen molar-refractivity contribution in [2.75, 3.05) is 5.75 Å². The number of carboxylic acids is 1. The van der Waals surface area contributed by atoms with Crippen LogP contribution < -0.4 is 21.7 Å². The summed E-state index contributed by atoms with van der Waals surface area (Å²) in [5, 5.41) is 37.8. The standard InChI is InChI=1S/C32H35N5O7S/c33-24(17-45)29(40)35-26(13-18-5-9-21(38)10-6-18)30(41)36-27(15-20-16-34-25-4-2-1-3-23(20)25)31(42)37-28(32(43)44)14-19-7-11-22(39)12-8-19/h1-12,16,24,26-28,34,38-39,45H,13-15,17,33H2,(H,35,40)(H,36,41)(H,37,42)(H,43,44)/t24-,26-,27-,28-/m0/s1. The number of H-pyrrole nitrogens is 1. The summed E-state index contributed by atoms with van der Waals surface area (Å²) in [7, 11) is 0. The number of phenolic OH excluding ortho intramolecular Hbond substituents is 2. The van der Waals surface area contributed by atoms with Gasteiger partial charge in [0.25, 0.3) is 0 Å². The van der Waals surface area contributed by atoms with Crippen LogP contribution in [0.5, 0.6) is 11.5 Å². The number of hydrogen-bond acceptors (Lipinski definition) is 8. The molecule has 0 unspecified atom stereocenters. The van der Waals surface area contributed by atoms with E-state index < -0.39 is 47.9 Å². The minimum atomic E-state index is -1.34. The second-order valence-electron chi connectivity index (χ2n) is 10.6. The molecule has 9 N–H and O–H groups in total. The average molecular weight is 634 g/mol. The Balaban J connectivity index is 1.61. The van der Waals surface area contributed by atoms with Crippen LogP contribution in [0.2, 0.25) is 0 Å². The lowest BCUT2D eigenvalue weighted by atomic mass is 10.0. The van der Waals surface area contributed by atoms with E-state index in [1.54, 1.807) is 30.5 Å². The number of nitrogens with one attached hydrogen (secondary N) is 4. The third kappa shape index (κ3) is 9.00. The van der Waals surface area contributed by atoms with Crippen LogP contribution in [0, 0.1) is 0 Å². The predicted molar refractivity (Wildman–Crippen MR) is 171 cm³/mol. The van der Waals surface area contributed by atoms with Crippen molar-refractivity contribution in [3.8, 4) is 11.5 Å². The minimum Gasteiger partial charge on any atom is -0.508 e. The second-order valence-corrected chi connectivity index (χ2v) is 11.0. The topological polar surface area (TPSA) is 207 Å². The Hall–Kier alpha value is -5.01. The van der Waals surface area contributed by atoms with Crippen LogP contribution in [0.1, 0.15) is 16.7 Å². The zero-order valence-corrected chi connectivity index (χ0v) is 25.0. The average Bonchev–Trinajstić information content (AvgIpc) is 3.44. The van der Waals surface area contributed by atoms with Crippen molar-refractivity contribution in [1.29, 1.82) is 0 Å². The normalized spacial score (nSPS) is 13.7. The van der Waals surface area contributed by atoms with Crippen molar-refractivity contribution in [3.63, 3.8) is 0 Å². The van der Waals surface area contributed by atoms with E-state index in [0.29, 0.717) is 16.7 Å². The molecule has 0 aliphatic carbocycles. The Bertz CT molecular complexity index is 1640. The maximum absolute atomic E-state index is 13.7. The number of para-hydroxylation sites is 1. The van der Waals surface area contributed by atoms with Gasteiger partial charge >= 0.3 is 5.97 Å². The Morgan fingerprint density at radius 2 is 1.20 bits per heavy atom. The van der Waals surface area contributed by atoms with E-state index in [1.807, 2.05) is 24.3 Å². The number of benzene rings is 3. The molecule has 0 spiro atoms. The molecule has 1 aromatic heterocycles. The minimum absolute atomic E-state index is 0.00314. The first-order valence-corrected chi connectivity index (χ1v) is 14.8. The summed E-state index contributed by atoms with van der Waals surface area (Å²) in [6.07, 6.45) is 1.65. The van der Waals surface area contributed by atoms with Crippen LogP contribution in [0.15, 0.2) is 79.0 Å². The molecule has 0 radical (unpaired) electrons. The highest BCUT2D eigenvalue weighted by Crippen LogP contribution is 2.20. The summed E-state index contributed by atoms with van der Waals surface area (Å²) in [5.41, 5.74) is 8.53. The van der Waals surface area contributed by atoms with Gasteiger partial charge in [-0.25, -0.2) is 4.79 Å². The SMILES string of the molecule is N[C@@H](CS)C(=O)N[C@@H](Cc1ccc(O)cc1)C(=O)N[C@@H](Cc1c[nH]c2ccccc12)C(=O)N[C@@H](Cc1ccc(O)cc1)C(=O)O. The molecule has 4 rings (SSSR count). The molecule has 45 heavy (non-hydrogen) atoms. The quantitative estimate of drug-likeness (QED) is 0.0926. The number of aliphatic carboxylic acids is 1. The molecule has 3 amide bonds. The van der Waals surface area contributed by atoms with Crippen LogP contribution in [0.4, 0.5) is 0 Å². The molecule has 0 fully saturated rings. The summed E-state index contributed by atoms with van der Waals surface area (Å²) in [6.45, 7) is 0. The lowest BCUT2D eigenvalue weighted by Gasteiger charge is -2.25. The first kappa shape index (κ1) is 32.9. The molecule has 236 valence electrons. The highest BCUT2D eigenvalue weighted by atomic mass is 32.1. The number of rotatable bonds is 14. The number of aromatic amines is 1. The molecular weight excluding hydrogens is 598 g/mol. The number of carboxylic acid groups (broad SMARTS) is 1. The van der Waals surface area contributed by atoms with Crippen molar-refractivity contribution in [3.05, 3.63) is 95.7 Å². The Kier molecular flexibility index (Phi) is 11.1. The van der Waals surface area contributed by atoms with Crippen LogP contribution in [-0.4, -0.2) is 73.9 Å². The van der Waals surface area contributed by atoms with Crippen molar-refractivity contribution < 1.29 is 34.5 Å². The highest BCUT2D eigenvalue weighted by Gasteiger charge is 2.31. The maximum Gasteiger partial charge on any atom is 0.326 e. The number of amides is 3. The van der Waals surface area contributed by atoms with Crippen LogP contribution in [0.25, 0.3) is 10.9 Å². The van der Waals surface area contributed by atoms with E-state index in [0.717, 1.165) is 10.9 Å². The number of nitrogens with two attached hydrogens (primary N) is 1. The van der Waals surface area contributed by atoms with Crippen LogP contribution in [0.3, 0.4) is 0 Å². The van der Waals surface area contributed by atoms with E-state index in [2.05, 4.69) is 33.6 Å². The van der Waals surface area contributed by atoms with Crippen molar-refractivity contribution in [1.82, 2.24) is 20.9 Å². The van der Waals surface area contributed by atoms with Gasteiger partial charge in [0.1, 0.15) is 29.6 Å². The molecule has 0 saturated heterocycles. The first-order chi connectivity index (χ1) is 21.5. The van der Waals surface area contributed by atoms with E-state index in [1.165, 1.54) is 24.3 Å². The van der Waals surface area contributed by atoms with Gasteiger partial charge in [-0.1, -0.05) is 42.5 Å². The largest absolute Gasteiger partial charge is 0.508 e. The van der Waals surface area contributed by atoms with Gasteiger partial charge in [-0.05, 0) is 47.0 Å². The molecule has 1 heterocycles. The molecule has 0 aliphatic rings. The molecular formula is C32H35N5O7S. The molecule has 4 aromatic rings. The zero-order chi connectivity index (χ0) is 32.5. The number of hydrogen-bond donors (Lipinski definition) is 9. The number of phenols is 2. The Labute approximate surface area is 264 Å². The summed E-state index contributed by atoms with van der Waals surface area (Å²) >= 11 is 4.06. The predicted octanol–water partition coefficient (Wildman–Crippen LogP) is 1.40. The van der Waals surface area contributed by atoms with Gasteiger partial charge in [0.2, 0.25) is 17.7 Å². The molecule has 4 atom stereocenters. The van der Waals surface area contributed by atoms with Gasteiger partial charge in [0, 0.05) is 42.1 Å². The van der Waals surface area contributed by atoms with E-state index in [-0.39, 0.29) is 36.5 Å². The fraction of sp³-hybridized carbons (Fsp3) is 0.250. The molecule has 12 nitrogen and oxygen atoms in total. The summed E-state index contributed by atoms with van der Waals surface area (Å²) in [4.78, 5) is 55.4. The van der Waals surface area contributed by atoms with Crippen LogP contribution >= 0.6 is 12.6 Å². The highest BCUT2D eigenvalue weighted by molar-refractivity contribution is 7.80. The monoisotopic (exact) mass is 633 g/mol. The van der Waals surface area contributed by atoms with Gasteiger partial charge in [-0.3, -0.25) is 14.4 Å². The second kappa shape index (κ2) is 15.1. The number of aromatic hydroxyl groups is 2. The lowest BCUT2D eigenvalue weighted by molar-refractivity contribution is -0.142. The summed E-state index contributed by atoms with van der Waals surface area (Å²) in [5.74, 6) is -3.29. The lowest BCUT2D eigenvalue weighted by Crippen LogP contribution is -2.58. The molecule has 0 aliphatic heterocycles. The van der Waals surface area contributed by atoms with Crippen molar-refractivity contribution in [2.24, 2.45) is 5.73 Å². The van der Waals surface area contributed by atoms with Gasteiger partial charge in [-0.2, -0.15) is 12.6 Å². The first-order valence-electron chi connectivity index (χ1n) is 14.1. The summed E-state index contributed by atoms with van der Waals surface area (Å²) in [6, 6.07) is 14.7. The smallest absolute Gasteiger partial charge is 0.326 e. The van der Waals surface area contributed by atoms with Crippen molar-refractivity contribution in [2.45, 2.75) is 43.4 Å². The number of fused-ring (bicyclic) bond motifs is 1. The Morgan fingerprint density at radius 3 is 1.76 bits per heavy atom. The van der Waals surface area contributed by atoms with Gasteiger partial charge in [0.05, 0.1) is 6.04 Å². The fourth-order valence-corrected chi connectivity index (χ4v) is 4.95.